The summed E-state index contributed by atoms with van der Waals surface area (Å²) in [4.78, 5) is 11.3. The summed E-state index contributed by atoms with van der Waals surface area (Å²) >= 11 is 0. The second-order valence-corrected chi connectivity index (χ2v) is 4.12. The van der Waals surface area contributed by atoms with Gasteiger partial charge in [-0.3, -0.25) is 0 Å². The van der Waals surface area contributed by atoms with Crippen molar-refractivity contribution in [3.05, 3.63) is 11.6 Å². The standard InChI is InChI=1S/C11H20N2O/c1-9(2)7-8-12-11(14)13-10-5-3-4-6-10/h7,10H,3-6,8H2,1-2H3,(H2,12,13,14). The molecule has 0 atom stereocenters. The molecule has 0 aromatic heterocycles. The molecule has 0 spiro atoms. The molecule has 2 amide bonds. The van der Waals surface area contributed by atoms with Crippen LogP contribution in [-0.4, -0.2) is 18.6 Å². The first kappa shape index (κ1) is 11.1. The molecule has 1 rings (SSSR count). The molecule has 0 bridgehead atoms. The largest absolute Gasteiger partial charge is 0.335 e. The number of hydrogen-bond donors (Lipinski definition) is 2. The average molecular weight is 196 g/mol. The highest BCUT2D eigenvalue weighted by Crippen LogP contribution is 2.17. The Morgan fingerprint density at radius 2 is 2.00 bits per heavy atom. The van der Waals surface area contributed by atoms with Crippen LogP contribution in [0, 0.1) is 0 Å². The maximum Gasteiger partial charge on any atom is 0.315 e. The minimum atomic E-state index is -0.0330. The van der Waals surface area contributed by atoms with Crippen molar-refractivity contribution in [2.45, 2.75) is 45.6 Å². The van der Waals surface area contributed by atoms with E-state index in [-0.39, 0.29) is 6.03 Å². The fourth-order valence-electron chi connectivity index (χ4n) is 1.65. The van der Waals surface area contributed by atoms with Crippen LogP contribution in [0.5, 0.6) is 0 Å². The predicted octanol–water partition coefficient (Wildman–Crippen LogP) is 2.19. The Bertz CT molecular complexity index is 213. The third-order valence-corrected chi connectivity index (χ3v) is 2.46. The average Bonchev–Trinajstić information content (AvgIpc) is 2.56. The van der Waals surface area contributed by atoms with Crippen LogP contribution < -0.4 is 10.6 Å². The Morgan fingerprint density at radius 3 is 2.57 bits per heavy atom. The Morgan fingerprint density at radius 1 is 1.36 bits per heavy atom. The maximum absolute atomic E-state index is 11.3. The lowest BCUT2D eigenvalue weighted by atomic mass is 10.2. The predicted molar refractivity (Wildman–Crippen MR) is 58.2 cm³/mol. The first-order chi connectivity index (χ1) is 6.68. The second kappa shape index (κ2) is 5.68. The Kier molecular flexibility index (Phi) is 4.50. The van der Waals surface area contributed by atoms with Crippen molar-refractivity contribution in [1.29, 1.82) is 0 Å². The topological polar surface area (TPSA) is 41.1 Å². The van der Waals surface area contributed by atoms with E-state index >= 15 is 0 Å². The molecule has 14 heavy (non-hydrogen) atoms. The lowest BCUT2D eigenvalue weighted by Gasteiger charge is -2.11. The molecular formula is C11H20N2O. The molecular weight excluding hydrogens is 176 g/mol. The zero-order valence-corrected chi connectivity index (χ0v) is 9.10. The third kappa shape index (κ3) is 4.30. The summed E-state index contributed by atoms with van der Waals surface area (Å²) < 4.78 is 0. The van der Waals surface area contributed by atoms with Gasteiger partial charge in [0.05, 0.1) is 0 Å². The molecule has 0 aromatic carbocycles. The van der Waals surface area contributed by atoms with Crippen LogP contribution >= 0.6 is 0 Å². The van der Waals surface area contributed by atoms with Crippen LogP contribution in [0.2, 0.25) is 0 Å². The highest BCUT2D eigenvalue weighted by atomic mass is 16.2. The summed E-state index contributed by atoms with van der Waals surface area (Å²) in [6.07, 6.45) is 6.78. The maximum atomic E-state index is 11.3. The van der Waals surface area contributed by atoms with Gasteiger partial charge < -0.3 is 10.6 Å². The van der Waals surface area contributed by atoms with Crippen molar-refractivity contribution in [3.63, 3.8) is 0 Å². The molecule has 1 aliphatic rings. The van der Waals surface area contributed by atoms with Crippen LogP contribution in [0.15, 0.2) is 11.6 Å². The van der Waals surface area contributed by atoms with Crippen molar-refractivity contribution < 1.29 is 4.79 Å². The molecule has 1 saturated carbocycles. The van der Waals surface area contributed by atoms with Gasteiger partial charge in [0.2, 0.25) is 0 Å². The highest BCUT2D eigenvalue weighted by molar-refractivity contribution is 5.74. The molecule has 0 unspecified atom stereocenters. The molecule has 3 nitrogen and oxygen atoms in total. The number of carbonyl (C=O) groups excluding carboxylic acids is 1. The number of amides is 2. The van der Waals surface area contributed by atoms with E-state index in [9.17, 15) is 4.79 Å². The van der Waals surface area contributed by atoms with E-state index in [0.717, 1.165) is 12.8 Å². The summed E-state index contributed by atoms with van der Waals surface area (Å²) in [5, 5.41) is 5.79. The summed E-state index contributed by atoms with van der Waals surface area (Å²) in [6, 6.07) is 0.371. The highest BCUT2D eigenvalue weighted by Gasteiger charge is 2.16. The summed E-state index contributed by atoms with van der Waals surface area (Å²) in [7, 11) is 0. The molecule has 0 radical (unpaired) electrons. The molecule has 0 saturated heterocycles. The van der Waals surface area contributed by atoms with Crippen LogP contribution in [0.3, 0.4) is 0 Å². The Balaban J connectivity index is 2.12. The fraction of sp³-hybridized carbons (Fsp3) is 0.727. The van der Waals surface area contributed by atoms with Crippen molar-refractivity contribution in [2.75, 3.05) is 6.54 Å². The lowest BCUT2D eigenvalue weighted by Crippen LogP contribution is -2.40. The number of urea groups is 1. The number of nitrogens with one attached hydrogen (secondary N) is 2. The van der Waals surface area contributed by atoms with Gasteiger partial charge in [0, 0.05) is 12.6 Å². The fourth-order valence-corrected chi connectivity index (χ4v) is 1.65. The molecule has 1 fully saturated rings. The smallest absolute Gasteiger partial charge is 0.315 e. The zero-order chi connectivity index (χ0) is 10.4. The Labute approximate surface area is 86.0 Å². The second-order valence-electron chi connectivity index (χ2n) is 4.12. The molecule has 3 heteroatoms. The van der Waals surface area contributed by atoms with Gasteiger partial charge in [0.25, 0.3) is 0 Å². The van der Waals surface area contributed by atoms with E-state index < -0.39 is 0 Å². The summed E-state index contributed by atoms with van der Waals surface area (Å²) in [5.74, 6) is 0. The van der Waals surface area contributed by atoms with E-state index in [2.05, 4.69) is 10.6 Å². The van der Waals surface area contributed by atoms with E-state index in [0.29, 0.717) is 12.6 Å². The van der Waals surface area contributed by atoms with Crippen LogP contribution in [0.1, 0.15) is 39.5 Å². The first-order valence-corrected chi connectivity index (χ1v) is 5.36. The molecule has 2 N–H and O–H groups in total. The van der Waals surface area contributed by atoms with Crippen LogP contribution in [-0.2, 0) is 0 Å². The van der Waals surface area contributed by atoms with Gasteiger partial charge in [-0.05, 0) is 26.7 Å². The van der Waals surface area contributed by atoms with E-state index in [4.69, 9.17) is 0 Å². The summed E-state index contributed by atoms with van der Waals surface area (Å²) in [5.41, 5.74) is 1.23. The van der Waals surface area contributed by atoms with E-state index in [1.807, 2.05) is 19.9 Å². The first-order valence-electron chi connectivity index (χ1n) is 5.36. The Hall–Kier alpha value is -0.990. The van der Waals surface area contributed by atoms with Gasteiger partial charge in [-0.2, -0.15) is 0 Å². The minimum absolute atomic E-state index is 0.0330. The molecule has 80 valence electrons. The van der Waals surface area contributed by atoms with Crippen molar-refractivity contribution >= 4 is 6.03 Å². The number of rotatable bonds is 3. The third-order valence-electron chi connectivity index (χ3n) is 2.46. The molecule has 0 heterocycles. The minimum Gasteiger partial charge on any atom is -0.335 e. The zero-order valence-electron chi connectivity index (χ0n) is 9.10. The van der Waals surface area contributed by atoms with Crippen LogP contribution in [0.25, 0.3) is 0 Å². The van der Waals surface area contributed by atoms with E-state index in [1.165, 1.54) is 18.4 Å². The van der Waals surface area contributed by atoms with Gasteiger partial charge in [0.15, 0.2) is 0 Å². The van der Waals surface area contributed by atoms with Gasteiger partial charge in [-0.1, -0.05) is 24.5 Å². The van der Waals surface area contributed by atoms with Crippen LogP contribution in [0.4, 0.5) is 4.79 Å². The number of hydrogen-bond acceptors (Lipinski definition) is 1. The van der Waals surface area contributed by atoms with Gasteiger partial charge >= 0.3 is 6.03 Å². The molecule has 0 aliphatic heterocycles. The van der Waals surface area contributed by atoms with Crippen molar-refractivity contribution in [1.82, 2.24) is 10.6 Å². The van der Waals surface area contributed by atoms with Gasteiger partial charge in [-0.15, -0.1) is 0 Å². The normalized spacial score (nSPS) is 16.4. The lowest BCUT2D eigenvalue weighted by molar-refractivity contribution is 0.238. The van der Waals surface area contributed by atoms with Crippen molar-refractivity contribution in [3.8, 4) is 0 Å². The van der Waals surface area contributed by atoms with Crippen molar-refractivity contribution in [2.24, 2.45) is 0 Å². The molecule has 0 aromatic rings. The number of carbonyl (C=O) groups is 1. The van der Waals surface area contributed by atoms with Gasteiger partial charge in [0.1, 0.15) is 0 Å². The SMILES string of the molecule is CC(C)=CCNC(=O)NC1CCCC1. The quantitative estimate of drug-likeness (QED) is 0.667. The van der Waals surface area contributed by atoms with E-state index in [1.54, 1.807) is 0 Å². The molecule has 1 aliphatic carbocycles. The summed E-state index contributed by atoms with van der Waals surface area (Å²) in [6.45, 7) is 4.67. The van der Waals surface area contributed by atoms with Gasteiger partial charge in [-0.25, -0.2) is 4.79 Å². The number of allylic oxidation sites excluding steroid dienone is 1. The monoisotopic (exact) mass is 196 g/mol.